The minimum absolute atomic E-state index is 0.230. The van der Waals surface area contributed by atoms with E-state index in [9.17, 15) is 4.79 Å². The molecule has 0 spiro atoms. The quantitative estimate of drug-likeness (QED) is 0.417. The average molecular weight is 441 g/mol. The van der Waals surface area contributed by atoms with Crippen molar-refractivity contribution in [2.24, 2.45) is 0 Å². The van der Waals surface area contributed by atoms with Gasteiger partial charge in [0.25, 0.3) is 0 Å². The van der Waals surface area contributed by atoms with E-state index in [1.165, 1.54) is 6.08 Å². The Labute approximate surface area is 191 Å². The molecule has 2 heterocycles. The van der Waals surface area contributed by atoms with Crippen LogP contribution < -0.4 is 14.8 Å². The number of nitrogens with zero attached hydrogens (tertiary/aromatic N) is 4. The van der Waals surface area contributed by atoms with Gasteiger partial charge in [-0.25, -0.2) is 9.97 Å². The van der Waals surface area contributed by atoms with Crippen molar-refractivity contribution in [2.45, 2.75) is 13.8 Å². The lowest BCUT2D eigenvalue weighted by molar-refractivity contribution is -0.111. The number of anilines is 1. The van der Waals surface area contributed by atoms with E-state index in [0.29, 0.717) is 29.0 Å². The molecule has 0 saturated carbocycles. The van der Waals surface area contributed by atoms with Crippen LogP contribution in [0.1, 0.15) is 17.2 Å². The van der Waals surface area contributed by atoms with Crippen molar-refractivity contribution in [3.8, 4) is 23.2 Å². The Morgan fingerprint density at radius 1 is 1.00 bits per heavy atom. The Hall–Kier alpha value is -4.46. The normalized spacial score (nSPS) is 10.9. The molecule has 0 unspecified atom stereocenters. The van der Waals surface area contributed by atoms with Crippen LogP contribution in [-0.2, 0) is 4.79 Å². The van der Waals surface area contributed by atoms with E-state index in [-0.39, 0.29) is 5.91 Å². The van der Waals surface area contributed by atoms with Gasteiger partial charge in [0.2, 0.25) is 11.8 Å². The number of aromatic nitrogens is 4. The minimum atomic E-state index is -0.230. The number of imidazole rings is 1. The summed E-state index contributed by atoms with van der Waals surface area (Å²) in [6.07, 6.45) is 6.77. The third kappa shape index (κ3) is 5.62. The number of hydrogen-bond donors (Lipinski definition) is 1. The molecular formula is C25H23N5O3. The van der Waals surface area contributed by atoms with Gasteiger partial charge in [0.15, 0.2) is 0 Å². The molecule has 2 aromatic carbocycles. The lowest BCUT2D eigenvalue weighted by Crippen LogP contribution is -2.07. The highest BCUT2D eigenvalue weighted by atomic mass is 16.5. The fraction of sp³-hybridized carbons (Fsp3) is 0.120. The second kappa shape index (κ2) is 9.78. The molecule has 0 aliphatic carbocycles. The Kier molecular flexibility index (Phi) is 6.45. The summed E-state index contributed by atoms with van der Waals surface area (Å²) in [6, 6.07) is 16.3. The summed E-state index contributed by atoms with van der Waals surface area (Å²) in [6.45, 7) is 3.71. The number of hydrogen-bond acceptors (Lipinski definition) is 6. The number of ether oxygens (including phenoxy) is 2. The number of amides is 1. The van der Waals surface area contributed by atoms with Gasteiger partial charge in [0.1, 0.15) is 29.0 Å². The maximum Gasteiger partial charge on any atom is 0.248 e. The van der Waals surface area contributed by atoms with Crippen molar-refractivity contribution in [3.63, 3.8) is 0 Å². The van der Waals surface area contributed by atoms with Crippen molar-refractivity contribution < 1.29 is 14.3 Å². The van der Waals surface area contributed by atoms with E-state index in [4.69, 9.17) is 9.47 Å². The van der Waals surface area contributed by atoms with Gasteiger partial charge < -0.3 is 14.8 Å². The van der Waals surface area contributed by atoms with Gasteiger partial charge >= 0.3 is 0 Å². The van der Waals surface area contributed by atoms with Crippen LogP contribution in [0.25, 0.3) is 11.9 Å². The predicted molar refractivity (Wildman–Crippen MR) is 126 cm³/mol. The van der Waals surface area contributed by atoms with Crippen molar-refractivity contribution >= 4 is 17.7 Å². The van der Waals surface area contributed by atoms with Crippen LogP contribution in [0.4, 0.5) is 5.69 Å². The number of methoxy groups -OCH3 is 1. The molecule has 1 N–H and O–H groups in total. The van der Waals surface area contributed by atoms with Crippen molar-refractivity contribution in [2.75, 3.05) is 12.4 Å². The van der Waals surface area contributed by atoms with Crippen LogP contribution in [0, 0.1) is 13.8 Å². The second-order valence-electron chi connectivity index (χ2n) is 7.18. The van der Waals surface area contributed by atoms with Gasteiger partial charge in [0, 0.05) is 30.2 Å². The molecule has 8 nitrogen and oxygen atoms in total. The largest absolute Gasteiger partial charge is 0.497 e. The monoisotopic (exact) mass is 441 g/mol. The van der Waals surface area contributed by atoms with Crippen molar-refractivity contribution in [3.05, 3.63) is 90.3 Å². The van der Waals surface area contributed by atoms with E-state index in [1.807, 2.05) is 42.0 Å². The third-order valence-corrected chi connectivity index (χ3v) is 4.76. The lowest BCUT2D eigenvalue weighted by atomic mass is 10.2. The first-order chi connectivity index (χ1) is 16.0. The molecule has 0 fully saturated rings. The Morgan fingerprint density at radius 3 is 2.39 bits per heavy atom. The number of carbonyl (C=O) groups excluding carboxylic acids is 1. The smallest absolute Gasteiger partial charge is 0.248 e. The maximum atomic E-state index is 12.2. The van der Waals surface area contributed by atoms with Gasteiger partial charge in [0.05, 0.1) is 7.11 Å². The van der Waals surface area contributed by atoms with Gasteiger partial charge in [-0.05, 0) is 61.9 Å². The molecule has 0 aliphatic rings. The highest BCUT2D eigenvalue weighted by Gasteiger charge is 2.08. The molecule has 166 valence electrons. The molecule has 4 aromatic rings. The van der Waals surface area contributed by atoms with Gasteiger partial charge in [-0.1, -0.05) is 12.1 Å². The van der Waals surface area contributed by atoms with Gasteiger partial charge in [-0.3, -0.25) is 9.36 Å². The molecule has 0 radical (unpaired) electrons. The lowest BCUT2D eigenvalue weighted by Gasteiger charge is -2.10. The summed E-state index contributed by atoms with van der Waals surface area (Å²) in [5.74, 6) is 3.64. The van der Waals surface area contributed by atoms with Crippen molar-refractivity contribution in [1.82, 2.24) is 19.5 Å². The number of aryl methyl sites for hydroxylation is 2. The Morgan fingerprint density at radius 2 is 1.73 bits per heavy atom. The predicted octanol–water partition coefficient (Wildman–Crippen LogP) is 4.73. The Balaban J connectivity index is 1.39. The molecule has 0 saturated heterocycles. The zero-order valence-electron chi connectivity index (χ0n) is 18.5. The molecular weight excluding hydrogens is 418 g/mol. The fourth-order valence-electron chi connectivity index (χ4n) is 3.12. The number of benzene rings is 2. The number of nitrogens with one attached hydrogen (secondary N) is 1. The van der Waals surface area contributed by atoms with Gasteiger partial charge in [-0.15, -0.1) is 0 Å². The zero-order valence-corrected chi connectivity index (χ0v) is 18.5. The molecule has 0 bridgehead atoms. The van der Waals surface area contributed by atoms with E-state index < -0.39 is 0 Å². The standard InChI is InChI=1S/C25H23N5O3/c1-17-27-23(30-15-14-26-18(30)2)16-25(28-17)33-22-11-7-20(8-12-22)29-24(31)13-6-19-4-9-21(32-3)10-5-19/h4-16H,1-3H3,(H,29,31)/b13-6+. The summed E-state index contributed by atoms with van der Waals surface area (Å²) in [5.41, 5.74) is 1.56. The van der Waals surface area contributed by atoms with E-state index in [2.05, 4.69) is 20.3 Å². The van der Waals surface area contributed by atoms with Crippen LogP contribution in [0.5, 0.6) is 17.4 Å². The summed E-state index contributed by atoms with van der Waals surface area (Å²) < 4.78 is 12.9. The van der Waals surface area contributed by atoms with Gasteiger partial charge in [-0.2, -0.15) is 4.98 Å². The summed E-state index contributed by atoms with van der Waals surface area (Å²) in [5, 5.41) is 2.83. The second-order valence-corrected chi connectivity index (χ2v) is 7.18. The summed E-state index contributed by atoms with van der Waals surface area (Å²) >= 11 is 0. The van der Waals surface area contributed by atoms with E-state index >= 15 is 0 Å². The maximum absolute atomic E-state index is 12.2. The first-order valence-corrected chi connectivity index (χ1v) is 10.3. The molecule has 1 amide bonds. The third-order valence-electron chi connectivity index (χ3n) is 4.76. The van der Waals surface area contributed by atoms with Crippen LogP contribution >= 0.6 is 0 Å². The zero-order chi connectivity index (χ0) is 23.2. The van der Waals surface area contributed by atoms with Crippen LogP contribution in [0.3, 0.4) is 0 Å². The van der Waals surface area contributed by atoms with E-state index in [0.717, 1.165) is 17.1 Å². The molecule has 4 rings (SSSR count). The van der Waals surface area contributed by atoms with Crippen LogP contribution in [0.2, 0.25) is 0 Å². The summed E-state index contributed by atoms with van der Waals surface area (Å²) in [7, 11) is 1.61. The highest BCUT2D eigenvalue weighted by molar-refractivity contribution is 6.01. The topological polar surface area (TPSA) is 91.2 Å². The fourth-order valence-corrected chi connectivity index (χ4v) is 3.12. The average Bonchev–Trinajstić information content (AvgIpc) is 3.25. The Bertz CT molecular complexity index is 1280. The van der Waals surface area contributed by atoms with Crippen molar-refractivity contribution in [1.29, 1.82) is 0 Å². The van der Waals surface area contributed by atoms with Crippen LogP contribution in [-0.4, -0.2) is 32.5 Å². The minimum Gasteiger partial charge on any atom is -0.497 e. The molecule has 2 aromatic heterocycles. The summed E-state index contributed by atoms with van der Waals surface area (Å²) in [4.78, 5) is 25.2. The molecule has 0 aliphatic heterocycles. The molecule has 33 heavy (non-hydrogen) atoms. The number of carbonyl (C=O) groups is 1. The highest BCUT2D eigenvalue weighted by Crippen LogP contribution is 2.23. The first kappa shape index (κ1) is 21.8. The van der Waals surface area contributed by atoms with E-state index in [1.54, 1.807) is 56.6 Å². The first-order valence-electron chi connectivity index (χ1n) is 10.3. The SMILES string of the molecule is COc1ccc(/C=C/C(=O)Nc2ccc(Oc3cc(-n4ccnc4C)nc(C)n3)cc2)cc1. The number of rotatable bonds is 7. The molecule has 0 atom stereocenters. The van der Waals surface area contributed by atoms with Crippen LogP contribution in [0.15, 0.2) is 73.1 Å². The molecule has 8 heteroatoms.